The van der Waals surface area contributed by atoms with Gasteiger partial charge in [-0.3, -0.25) is 0 Å². The van der Waals surface area contributed by atoms with Crippen molar-refractivity contribution in [2.24, 2.45) is 0 Å². The first-order valence-electron chi connectivity index (χ1n) is 7.07. The number of methoxy groups -OCH3 is 1. The van der Waals surface area contributed by atoms with E-state index in [0.717, 1.165) is 5.56 Å². The van der Waals surface area contributed by atoms with E-state index in [1.165, 1.54) is 0 Å². The molecule has 2 aromatic rings. The molecule has 1 aliphatic heterocycles. The molecule has 0 unspecified atom stereocenters. The second-order valence-corrected chi connectivity index (χ2v) is 5.92. The van der Waals surface area contributed by atoms with Crippen LogP contribution in [0.2, 0.25) is 10.0 Å². The van der Waals surface area contributed by atoms with Crippen molar-refractivity contribution in [3.63, 3.8) is 0 Å². The molecule has 2 heterocycles. The molecule has 1 aromatic carbocycles. The maximum absolute atomic E-state index is 6.09. The van der Waals surface area contributed by atoms with Gasteiger partial charge in [0.1, 0.15) is 11.9 Å². The van der Waals surface area contributed by atoms with Gasteiger partial charge >= 0.3 is 0 Å². The summed E-state index contributed by atoms with van der Waals surface area (Å²) in [5.41, 5.74) is 6.70. The van der Waals surface area contributed by atoms with Crippen molar-refractivity contribution in [1.82, 2.24) is 9.97 Å². The number of anilines is 2. The van der Waals surface area contributed by atoms with Crippen LogP contribution in [-0.2, 0) is 4.74 Å². The summed E-state index contributed by atoms with van der Waals surface area (Å²) in [6.07, 6.45) is -0.124. The molecule has 1 aliphatic rings. The highest BCUT2D eigenvalue weighted by Gasteiger charge is 2.24. The van der Waals surface area contributed by atoms with Crippen LogP contribution in [0.4, 0.5) is 11.8 Å². The predicted molar refractivity (Wildman–Crippen MR) is 90.4 cm³/mol. The number of nitrogens with two attached hydrogens (primary N) is 1. The molecule has 2 N–H and O–H groups in total. The van der Waals surface area contributed by atoms with E-state index in [2.05, 4.69) is 14.9 Å². The quantitative estimate of drug-likeness (QED) is 0.913. The Kier molecular flexibility index (Phi) is 4.75. The molecule has 0 bridgehead atoms. The number of nitrogen functional groups attached to an aromatic ring is 1. The Labute approximate surface area is 144 Å². The van der Waals surface area contributed by atoms with E-state index in [1.807, 2.05) is 12.1 Å². The molecule has 8 heteroatoms. The van der Waals surface area contributed by atoms with Crippen molar-refractivity contribution in [2.75, 3.05) is 37.4 Å². The maximum Gasteiger partial charge on any atom is 0.225 e. The van der Waals surface area contributed by atoms with Gasteiger partial charge in [0, 0.05) is 19.2 Å². The van der Waals surface area contributed by atoms with E-state index in [4.69, 9.17) is 38.4 Å². The van der Waals surface area contributed by atoms with Gasteiger partial charge in [-0.1, -0.05) is 29.3 Å². The Morgan fingerprint density at radius 1 is 1.26 bits per heavy atom. The highest BCUT2D eigenvalue weighted by Crippen LogP contribution is 2.30. The molecule has 6 nitrogen and oxygen atoms in total. The third-order valence-electron chi connectivity index (χ3n) is 3.62. The van der Waals surface area contributed by atoms with Crippen LogP contribution in [0.15, 0.2) is 24.3 Å². The molecule has 122 valence electrons. The fourth-order valence-corrected chi connectivity index (χ4v) is 2.78. The molecule has 1 atom stereocenters. The van der Waals surface area contributed by atoms with Crippen molar-refractivity contribution in [3.8, 4) is 5.88 Å². The normalized spacial score (nSPS) is 18.0. The third-order valence-corrected chi connectivity index (χ3v) is 4.36. The van der Waals surface area contributed by atoms with Crippen LogP contribution in [0.5, 0.6) is 5.88 Å². The number of nitrogens with zero attached hydrogens (tertiary/aromatic N) is 3. The van der Waals surface area contributed by atoms with Gasteiger partial charge in [0.25, 0.3) is 0 Å². The Bertz CT molecular complexity index is 714. The number of benzene rings is 1. The minimum atomic E-state index is -0.124. The second kappa shape index (κ2) is 6.78. The van der Waals surface area contributed by atoms with Gasteiger partial charge in [0.05, 0.1) is 23.8 Å². The van der Waals surface area contributed by atoms with Crippen LogP contribution >= 0.6 is 23.2 Å². The average Bonchev–Trinajstić information content (AvgIpc) is 2.57. The summed E-state index contributed by atoms with van der Waals surface area (Å²) in [7, 11) is 1.55. The van der Waals surface area contributed by atoms with Gasteiger partial charge in [0.15, 0.2) is 0 Å². The number of ether oxygens (including phenoxy) is 2. The summed E-state index contributed by atoms with van der Waals surface area (Å²) in [5, 5.41) is 1.04. The first-order valence-corrected chi connectivity index (χ1v) is 7.82. The van der Waals surface area contributed by atoms with E-state index in [-0.39, 0.29) is 12.1 Å². The Morgan fingerprint density at radius 3 is 2.83 bits per heavy atom. The van der Waals surface area contributed by atoms with Gasteiger partial charge in [0.2, 0.25) is 11.8 Å². The maximum atomic E-state index is 6.09. The molecular formula is C15H16Cl2N4O2. The monoisotopic (exact) mass is 354 g/mol. The molecule has 0 amide bonds. The van der Waals surface area contributed by atoms with E-state index in [1.54, 1.807) is 19.2 Å². The lowest BCUT2D eigenvalue weighted by Crippen LogP contribution is -2.39. The largest absolute Gasteiger partial charge is 0.481 e. The predicted octanol–water partition coefficient (Wildman–Crippen LogP) is 2.95. The van der Waals surface area contributed by atoms with E-state index >= 15 is 0 Å². The SMILES string of the molecule is COc1cc(N2CCO[C@@H](c3ccc(Cl)c(Cl)c3)C2)nc(N)n1. The van der Waals surface area contributed by atoms with Crippen LogP contribution in [-0.4, -0.2) is 36.8 Å². The summed E-state index contributed by atoms with van der Waals surface area (Å²) < 4.78 is 11.0. The highest BCUT2D eigenvalue weighted by atomic mass is 35.5. The number of aromatic nitrogens is 2. The van der Waals surface area contributed by atoms with Crippen molar-refractivity contribution in [1.29, 1.82) is 0 Å². The molecule has 23 heavy (non-hydrogen) atoms. The summed E-state index contributed by atoms with van der Waals surface area (Å²) >= 11 is 12.1. The van der Waals surface area contributed by atoms with Crippen molar-refractivity contribution < 1.29 is 9.47 Å². The molecular weight excluding hydrogens is 339 g/mol. The van der Waals surface area contributed by atoms with Crippen molar-refractivity contribution >= 4 is 35.0 Å². The number of halogens is 2. The van der Waals surface area contributed by atoms with Gasteiger partial charge in [-0.15, -0.1) is 0 Å². The summed E-state index contributed by atoms with van der Waals surface area (Å²) in [4.78, 5) is 10.4. The van der Waals surface area contributed by atoms with E-state index < -0.39 is 0 Å². The lowest BCUT2D eigenvalue weighted by Gasteiger charge is -2.34. The van der Waals surface area contributed by atoms with Crippen LogP contribution in [0, 0.1) is 0 Å². The van der Waals surface area contributed by atoms with Gasteiger partial charge < -0.3 is 20.1 Å². The fraction of sp³-hybridized carbons (Fsp3) is 0.333. The van der Waals surface area contributed by atoms with Gasteiger partial charge in [-0.05, 0) is 17.7 Å². The molecule has 0 saturated carbocycles. The molecule has 1 aromatic heterocycles. The van der Waals surface area contributed by atoms with Gasteiger partial charge in [-0.2, -0.15) is 9.97 Å². The zero-order valence-corrected chi connectivity index (χ0v) is 14.0. The summed E-state index contributed by atoms with van der Waals surface area (Å²) in [6, 6.07) is 7.27. The van der Waals surface area contributed by atoms with Crippen LogP contribution in [0.1, 0.15) is 11.7 Å². The van der Waals surface area contributed by atoms with Gasteiger partial charge in [-0.25, -0.2) is 0 Å². The van der Waals surface area contributed by atoms with Crippen molar-refractivity contribution in [2.45, 2.75) is 6.10 Å². The molecule has 0 aliphatic carbocycles. The molecule has 1 saturated heterocycles. The Hall–Kier alpha value is -1.76. The number of rotatable bonds is 3. The summed E-state index contributed by atoms with van der Waals surface area (Å²) in [5.74, 6) is 1.32. The average molecular weight is 355 g/mol. The molecule has 3 rings (SSSR count). The Morgan fingerprint density at radius 2 is 2.09 bits per heavy atom. The number of morpholine rings is 1. The minimum Gasteiger partial charge on any atom is -0.481 e. The third kappa shape index (κ3) is 3.60. The molecule has 1 fully saturated rings. The van der Waals surface area contributed by atoms with Crippen LogP contribution < -0.4 is 15.4 Å². The number of hydrogen-bond donors (Lipinski definition) is 1. The lowest BCUT2D eigenvalue weighted by molar-refractivity contribution is 0.0395. The zero-order valence-electron chi connectivity index (χ0n) is 12.5. The lowest BCUT2D eigenvalue weighted by atomic mass is 10.1. The topological polar surface area (TPSA) is 73.5 Å². The van der Waals surface area contributed by atoms with Crippen LogP contribution in [0.25, 0.3) is 0 Å². The number of hydrogen-bond acceptors (Lipinski definition) is 6. The van der Waals surface area contributed by atoms with Crippen LogP contribution in [0.3, 0.4) is 0 Å². The summed E-state index contributed by atoms with van der Waals surface area (Å²) in [6.45, 7) is 1.89. The minimum absolute atomic E-state index is 0.124. The first-order chi connectivity index (χ1) is 11.1. The van der Waals surface area contributed by atoms with Crippen molar-refractivity contribution in [3.05, 3.63) is 39.9 Å². The standard InChI is InChI=1S/C15H16Cl2N4O2/c1-22-14-7-13(19-15(18)20-14)21-4-5-23-12(8-21)9-2-3-10(16)11(17)6-9/h2-3,6-7,12H,4-5,8H2,1H3,(H2,18,19,20)/t12-/m1/s1. The first kappa shape index (κ1) is 16.1. The second-order valence-electron chi connectivity index (χ2n) is 5.11. The molecule has 0 radical (unpaired) electrons. The smallest absolute Gasteiger partial charge is 0.225 e. The zero-order chi connectivity index (χ0) is 16.4. The fourth-order valence-electron chi connectivity index (χ4n) is 2.47. The Balaban J connectivity index is 1.83. The highest BCUT2D eigenvalue weighted by molar-refractivity contribution is 6.42. The van der Waals surface area contributed by atoms with E-state index in [9.17, 15) is 0 Å². The molecule has 0 spiro atoms. The van der Waals surface area contributed by atoms with E-state index in [0.29, 0.717) is 41.4 Å².